The Balaban J connectivity index is 1.98. The van der Waals surface area contributed by atoms with Crippen molar-refractivity contribution in [3.63, 3.8) is 0 Å². The molecule has 0 aromatic heterocycles. The van der Waals surface area contributed by atoms with Crippen LogP contribution in [0.5, 0.6) is 0 Å². The first-order chi connectivity index (χ1) is 9.24. The van der Waals surface area contributed by atoms with Crippen LogP contribution in [0.25, 0.3) is 0 Å². The van der Waals surface area contributed by atoms with E-state index in [0.29, 0.717) is 0 Å². The average molecular weight is 268 g/mol. The summed E-state index contributed by atoms with van der Waals surface area (Å²) in [6.07, 6.45) is 3.98. The lowest BCUT2D eigenvalue weighted by molar-refractivity contribution is 0.206. The summed E-state index contributed by atoms with van der Waals surface area (Å²) >= 11 is 0. The lowest BCUT2D eigenvalue weighted by Crippen LogP contribution is -2.37. The second-order valence-electron chi connectivity index (χ2n) is 6.35. The Morgan fingerprint density at radius 2 is 0.789 bits per heavy atom. The second-order valence-corrected chi connectivity index (χ2v) is 6.35. The molecular weight excluding hydrogens is 236 g/mol. The highest BCUT2D eigenvalue weighted by Gasteiger charge is 2.14. The van der Waals surface area contributed by atoms with E-state index in [9.17, 15) is 0 Å². The van der Waals surface area contributed by atoms with Crippen molar-refractivity contribution in [3.8, 4) is 0 Å². The van der Waals surface area contributed by atoms with E-state index in [1.165, 1.54) is 84.7 Å². The predicted molar refractivity (Wildman–Crippen MR) is 81.7 cm³/mol. The Morgan fingerprint density at radius 3 is 1.21 bits per heavy atom. The first-order valence-corrected chi connectivity index (χ1v) is 8.06. The molecule has 2 unspecified atom stereocenters. The molecule has 2 rings (SSSR count). The lowest BCUT2D eigenvalue weighted by atomic mass is 10.3. The van der Waals surface area contributed by atoms with Crippen LogP contribution in [-0.4, -0.2) is 99.1 Å². The van der Waals surface area contributed by atoms with Crippen molar-refractivity contribution in [3.05, 3.63) is 0 Å². The third-order valence-corrected chi connectivity index (χ3v) is 4.57. The van der Waals surface area contributed by atoms with E-state index in [0.717, 1.165) is 0 Å². The van der Waals surface area contributed by atoms with Gasteiger partial charge in [0.2, 0.25) is 0 Å². The van der Waals surface area contributed by atoms with Gasteiger partial charge in [-0.3, -0.25) is 0 Å². The zero-order valence-electron chi connectivity index (χ0n) is 13.0. The van der Waals surface area contributed by atoms with Crippen molar-refractivity contribution in [2.45, 2.75) is 19.3 Å². The predicted octanol–water partition coefficient (Wildman–Crippen LogP) is 0.652. The molecule has 112 valence electrons. The molecule has 0 aliphatic carbocycles. The minimum atomic E-state index is 1.23. The highest BCUT2D eigenvalue weighted by atomic mass is 15.2. The summed E-state index contributed by atoms with van der Waals surface area (Å²) in [5, 5.41) is 0. The first-order valence-electron chi connectivity index (χ1n) is 8.06. The Hall–Kier alpha value is -0.160. The molecule has 0 amide bonds. The summed E-state index contributed by atoms with van der Waals surface area (Å²) in [7, 11) is 4.56. The molecule has 2 saturated heterocycles. The average Bonchev–Trinajstić information content (AvgIpc) is 2.45. The Kier molecular flexibility index (Phi) is 6.57. The maximum Gasteiger partial charge on any atom is 0.0109 e. The summed E-state index contributed by atoms with van der Waals surface area (Å²) in [4.78, 5) is 10.4. The van der Waals surface area contributed by atoms with Crippen molar-refractivity contribution in [1.29, 1.82) is 0 Å². The van der Waals surface area contributed by atoms with Gasteiger partial charge < -0.3 is 19.6 Å². The topological polar surface area (TPSA) is 13.0 Å². The van der Waals surface area contributed by atoms with Gasteiger partial charge in [0.05, 0.1) is 0 Å². The fourth-order valence-corrected chi connectivity index (χ4v) is 3.17. The number of nitrogens with zero attached hydrogens (tertiary/aromatic N) is 4. The highest BCUT2D eigenvalue weighted by Crippen LogP contribution is 2.05. The van der Waals surface area contributed by atoms with Crippen LogP contribution in [0.3, 0.4) is 0 Å². The zero-order valence-corrected chi connectivity index (χ0v) is 13.0. The quantitative estimate of drug-likeness (QED) is 0.639. The van der Waals surface area contributed by atoms with Crippen LogP contribution in [0.1, 0.15) is 19.3 Å². The Bertz CT molecular complexity index is 222. The number of hydrogen-bond donors (Lipinski definition) is 0. The van der Waals surface area contributed by atoms with Crippen LogP contribution in [0.4, 0.5) is 0 Å². The van der Waals surface area contributed by atoms with Crippen LogP contribution >= 0.6 is 0 Å². The van der Waals surface area contributed by atoms with Gasteiger partial charge in [0, 0.05) is 26.2 Å². The third kappa shape index (κ3) is 5.78. The largest absolute Gasteiger partial charge is 0.305 e. The van der Waals surface area contributed by atoms with E-state index in [1.807, 2.05) is 0 Å². The molecule has 0 aromatic rings. The molecule has 2 bridgehead atoms. The normalized spacial score (nSPS) is 33.8. The van der Waals surface area contributed by atoms with Gasteiger partial charge in [0.1, 0.15) is 0 Å². The molecule has 0 N–H and O–H groups in total. The fourth-order valence-electron chi connectivity index (χ4n) is 3.17. The molecule has 2 atom stereocenters. The molecule has 19 heavy (non-hydrogen) atoms. The van der Waals surface area contributed by atoms with Crippen molar-refractivity contribution in [2.75, 3.05) is 79.5 Å². The second kappa shape index (κ2) is 8.20. The number of hydrogen-bond acceptors (Lipinski definition) is 4. The molecule has 2 fully saturated rings. The third-order valence-electron chi connectivity index (χ3n) is 4.57. The van der Waals surface area contributed by atoms with Crippen LogP contribution in [-0.2, 0) is 0 Å². The Labute approximate surface area is 119 Å². The molecule has 2 aliphatic heterocycles. The molecule has 0 radical (unpaired) electrons. The standard InChI is InChI=1S/C15H32N4/c1-16-6-3-8-19-11-5-10-18(14-12-16)9-4-7-17(2)13-15-19/h3-15H2,1-2H3. The molecule has 4 nitrogen and oxygen atoms in total. The molecule has 0 spiro atoms. The van der Waals surface area contributed by atoms with Crippen LogP contribution < -0.4 is 0 Å². The van der Waals surface area contributed by atoms with Gasteiger partial charge in [-0.1, -0.05) is 0 Å². The summed E-state index contributed by atoms with van der Waals surface area (Å²) in [6, 6.07) is 0. The van der Waals surface area contributed by atoms with E-state index in [-0.39, 0.29) is 0 Å². The number of likely N-dealkylation sites (N-methyl/N-ethyl adjacent to an activating group) is 2. The minimum absolute atomic E-state index is 1.23. The minimum Gasteiger partial charge on any atom is -0.305 e. The van der Waals surface area contributed by atoms with Crippen molar-refractivity contribution < 1.29 is 0 Å². The molecule has 2 aliphatic rings. The van der Waals surface area contributed by atoms with Gasteiger partial charge in [-0.15, -0.1) is 0 Å². The summed E-state index contributed by atoms with van der Waals surface area (Å²) in [6.45, 7) is 12.6. The number of rotatable bonds is 0. The lowest BCUT2D eigenvalue weighted by Gasteiger charge is -2.26. The van der Waals surface area contributed by atoms with Gasteiger partial charge >= 0.3 is 0 Å². The van der Waals surface area contributed by atoms with Crippen LogP contribution in [0, 0.1) is 0 Å². The molecular formula is C15H32N4. The maximum absolute atomic E-state index is 2.68. The summed E-state index contributed by atoms with van der Waals surface area (Å²) in [5.74, 6) is 0. The smallest absolute Gasteiger partial charge is 0.0109 e. The fraction of sp³-hybridized carbons (Fsp3) is 1.00. The highest BCUT2D eigenvalue weighted by molar-refractivity contribution is 4.70. The van der Waals surface area contributed by atoms with Gasteiger partial charge in [-0.05, 0) is 72.6 Å². The summed E-state index contributed by atoms with van der Waals surface area (Å²) < 4.78 is 0. The van der Waals surface area contributed by atoms with Gasteiger partial charge in [-0.25, -0.2) is 0 Å². The van der Waals surface area contributed by atoms with Gasteiger partial charge in [-0.2, -0.15) is 0 Å². The molecule has 0 aromatic carbocycles. The van der Waals surface area contributed by atoms with E-state index in [4.69, 9.17) is 0 Å². The van der Waals surface area contributed by atoms with E-state index < -0.39 is 0 Å². The van der Waals surface area contributed by atoms with Gasteiger partial charge in [0.25, 0.3) is 0 Å². The SMILES string of the molecule is CN1CCCN2CCCN(CCCN(C)CC2)CC1. The monoisotopic (exact) mass is 268 g/mol. The van der Waals surface area contributed by atoms with Crippen molar-refractivity contribution in [1.82, 2.24) is 19.6 Å². The molecule has 4 heteroatoms. The number of fused-ring (bicyclic) bond motifs is 4. The molecule has 2 heterocycles. The van der Waals surface area contributed by atoms with E-state index >= 15 is 0 Å². The van der Waals surface area contributed by atoms with E-state index in [1.54, 1.807) is 0 Å². The van der Waals surface area contributed by atoms with Crippen LogP contribution in [0.15, 0.2) is 0 Å². The maximum atomic E-state index is 2.68. The van der Waals surface area contributed by atoms with Crippen molar-refractivity contribution in [2.24, 2.45) is 0 Å². The zero-order chi connectivity index (χ0) is 13.5. The summed E-state index contributed by atoms with van der Waals surface area (Å²) in [5.41, 5.74) is 0. The Morgan fingerprint density at radius 1 is 0.421 bits per heavy atom. The van der Waals surface area contributed by atoms with E-state index in [2.05, 4.69) is 33.7 Å². The first kappa shape index (κ1) is 15.2. The van der Waals surface area contributed by atoms with Gasteiger partial charge in [0.15, 0.2) is 0 Å². The van der Waals surface area contributed by atoms with Crippen molar-refractivity contribution >= 4 is 0 Å². The van der Waals surface area contributed by atoms with Crippen LogP contribution in [0.2, 0.25) is 0 Å². The molecule has 0 saturated carbocycles.